The van der Waals surface area contributed by atoms with Crippen molar-refractivity contribution in [2.45, 2.75) is 6.18 Å². The van der Waals surface area contributed by atoms with Gasteiger partial charge in [-0.2, -0.15) is 13.2 Å². The van der Waals surface area contributed by atoms with Crippen molar-refractivity contribution in [3.8, 4) is 0 Å². The van der Waals surface area contributed by atoms with Gasteiger partial charge < -0.3 is 4.57 Å². The average Bonchev–Trinajstić information content (AvgIpc) is 2.62. The van der Waals surface area contributed by atoms with Crippen LogP contribution in [-0.4, -0.2) is 4.98 Å². The van der Waals surface area contributed by atoms with E-state index in [2.05, 4.69) is 4.98 Å². The van der Waals surface area contributed by atoms with Crippen molar-refractivity contribution in [3.63, 3.8) is 0 Å². The molecule has 0 bridgehead atoms. The van der Waals surface area contributed by atoms with Crippen LogP contribution in [0.25, 0.3) is 0 Å². The molecule has 3 aromatic rings. The van der Waals surface area contributed by atoms with Crippen LogP contribution in [0, 0.1) is 0 Å². The highest BCUT2D eigenvalue weighted by Crippen LogP contribution is 2.41. The molecule has 122 valence electrons. The van der Waals surface area contributed by atoms with E-state index >= 15 is 0 Å². The van der Waals surface area contributed by atoms with Gasteiger partial charge in [-0.15, -0.1) is 0 Å². The molecule has 0 fully saturated rings. The summed E-state index contributed by atoms with van der Waals surface area (Å²) >= 11 is 0. The van der Waals surface area contributed by atoms with Gasteiger partial charge in [-0.05, 0) is 12.1 Å². The second-order valence-corrected chi connectivity index (χ2v) is 7.89. The Labute approximate surface area is 137 Å². The van der Waals surface area contributed by atoms with E-state index in [1.165, 1.54) is 6.07 Å². The first-order chi connectivity index (χ1) is 11.4. The fourth-order valence-corrected chi connectivity index (χ4v) is 4.95. The Morgan fingerprint density at radius 1 is 0.750 bits per heavy atom. The molecule has 0 spiro atoms. The maximum absolute atomic E-state index is 13.8. The van der Waals surface area contributed by atoms with Gasteiger partial charge in [-0.25, -0.2) is 0 Å². The zero-order valence-electron chi connectivity index (χ0n) is 12.4. The van der Waals surface area contributed by atoms with E-state index in [1.807, 2.05) is 0 Å². The van der Waals surface area contributed by atoms with E-state index < -0.39 is 18.9 Å². The van der Waals surface area contributed by atoms with Crippen LogP contribution in [0.15, 0.2) is 79.0 Å². The Bertz CT molecular complexity index is 819. The minimum absolute atomic E-state index is 0.132. The third-order valence-electron chi connectivity index (χ3n) is 3.64. The van der Waals surface area contributed by atoms with Gasteiger partial charge in [0.05, 0.1) is 5.56 Å². The molecule has 0 aliphatic heterocycles. The number of halogens is 3. The van der Waals surface area contributed by atoms with Crippen molar-refractivity contribution >= 4 is 23.2 Å². The highest BCUT2D eigenvalue weighted by atomic mass is 31.2. The van der Waals surface area contributed by atoms with E-state index in [9.17, 15) is 17.7 Å². The molecule has 3 rings (SSSR count). The third kappa shape index (κ3) is 3.00. The van der Waals surface area contributed by atoms with Gasteiger partial charge in [-0.1, -0.05) is 60.7 Å². The predicted octanol–water partition coefficient (Wildman–Crippen LogP) is 3.74. The molecule has 6 heteroatoms. The van der Waals surface area contributed by atoms with Gasteiger partial charge >= 0.3 is 6.18 Å². The number of hydrogen-bond acceptors (Lipinski definition) is 2. The molecule has 0 unspecified atom stereocenters. The van der Waals surface area contributed by atoms with Crippen LogP contribution >= 0.6 is 7.14 Å². The highest BCUT2D eigenvalue weighted by Gasteiger charge is 2.34. The molecule has 0 radical (unpaired) electrons. The first-order valence-electron chi connectivity index (χ1n) is 7.17. The standard InChI is InChI=1S/C18H13F3NOP/c19-18(20,21)14-11-12-17(22-13-14)24(23,15-7-3-1-4-8-15)16-9-5-2-6-10-16/h1-13H. The second kappa shape index (κ2) is 6.25. The van der Waals surface area contributed by atoms with Crippen molar-refractivity contribution < 1.29 is 17.7 Å². The van der Waals surface area contributed by atoms with E-state index in [1.54, 1.807) is 60.7 Å². The number of hydrogen-bond donors (Lipinski definition) is 0. The average molecular weight is 347 g/mol. The molecule has 2 aromatic carbocycles. The van der Waals surface area contributed by atoms with Crippen molar-refractivity contribution in [2.75, 3.05) is 0 Å². The molecule has 0 amide bonds. The predicted molar refractivity (Wildman–Crippen MR) is 88.6 cm³/mol. The molecule has 0 N–H and O–H groups in total. The molecule has 0 atom stereocenters. The van der Waals surface area contributed by atoms with Gasteiger partial charge in [0.2, 0.25) is 0 Å². The molecule has 0 aliphatic rings. The van der Waals surface area contributed by atoms with Gasteiger partial charge in [0.15, 0.2) is 7.14 Å². The number of pyridine rings is 1. The van der Waals surface area contributed by atoms with E-state index in [0.717, 1.165) is 12.3 Å². The Kier molecular flexibility index (Phi) is 4.29. The molecular formula is C18H13F3NOP. The van der Waals surface area contributed by atoms with Crippen molar-refractivity contribution in [3.05, 3.63) is 84.6 Å². The molecule has 2 nitrogen and oxygen atoms in total. The number of alkyl halides is 3. The van der Waals surface area contributed by atoms with Crippen LogP contribution in [0.3, 0.4) is 0 Å². The number of aromatic nitrogens is 1. The summed E-state index contributed by atoms with van der Waals surface area (Å²) in [6.45, 7) is 0. The topological polar surface area (TPSA) is 30.0 Å². The molecule has 1 aromatic heterocycles. The van der Waals surface area contributed by atoms with Crippen LogP contribution in [0.2, 0.25) is 0 Å². The zero-order valence-corrected chi connectivity index (χ0v) is 13.3. The lowest BCUT2D eigenvalue weighted by Crippen LogP contribution is -2.27. The first-order valence-corrected chi connectivity index (χ1v) is 8.88. The molecule has 0 saturated heterocycles. The van der Waals surface area contributed by atoms with Gasteiger partial charge in [0.1, 0.15) is 5.44 Å². The fourth-order valence-electron chi connectivity index (χ4n) is 2.43. The van der Waals surface area contributed by atoms with E-state index in [0.29, 0.717) is 10.6 Å². The Hall–Kier alpha value is -2.39. The molecule has 1 heterocycles. The minimum atomic E-state index is -4.48. The van der Waals surface area contributed by atoms with Crippen molar-refractivity contribution in [2.24, 2.45) is 0 Å². The molecule has 0 aliphatic carbocycles. The van der Waals surface area contributed by atoms with Crippen LogP contribution in [-0.2, 0) is 10.7 Å². The number of benzene rings is 2. The summed E-state index contributed by atoms with van der Waals surface area (Å²) in [5, 5.41) is 1.06. The summed E-state index contributed by atoms with van der Waals surface area (Å²) < 4.78 is 52.1. The SMILES string of the molecule is O=P(c1ccccc1)(c1ccccc1)c1ccc(C(F)(F)F)cn1. The van der Waals surface area contributed by atoms with Crippen LogP contribution in [0.5, 0.6) is 0 Å². The normalized spacial score (nSPS) is 12.1. The Morgan fingerprint density at radius 2 is 1.25 bits per heavy atom. The lowest BCUT2D eigenvalue weighted by Gasteiger charge is -2.19. The summed E-state index contributed by atoms with van der Waals surface area (Å²) in [7, 11) is -3.33. The monoisotopic (exact) mass is 347 g/mol. The smallest absolute Gasteiger partial charge is 0.307 e. The number of nitrogens with zero attached hydrogens (tertiary/aromatic N) is 1. The second-order valence-electron chi connectivity index (χ2n) is 5.18. The Morgan fingerprint density at radius 3 is 1.62 bits per heavy atom. The molecular weight excluding hydrogens is 334 g/mol. The third-order valence-corrected chi connectivity index (χ3v) is 6.60. The van der Waals surface area contributed by atoms with Gasteiger partial charge in [0, 0.05) is 16.8 Å². The van der Waals surface area contributed by atoms with E-state index in [-0.39, 0.29) is 5.44 Å². The molecule has 0 saturated carbocycles. The summed E-state index contributed by atoms with van der Waals surface area (Å²) in [4.78, 5) is 3.89. The largest absolute Gasteiger partial charge is 0.417 e. The van der Waals surface area contributed by atoms with Crippen LogP contribution < -0.4 is 16.0 Å². The fraction of sp³-hybridized carbons (Fsp3) is 0.0556. The van der Waals surface area contributed by atoms with Crippen LogP contribution in [0.4, 0.5) is 13.2 Å². The molecule has 24 heavy (non-hydrogen) atoms. The highest BCUT2D eigenvalue weighted by molar-refractivity contribution is 7.85. The summed E-state index contributed by atoms with van der Waals surface area (Å²) in [6, 6.07) is 19.5. The van der Waals surface area contributed by atoms with E-state index in [4.69, 9.17) is 0 Å². The number of rotatable bonds is 3. The maximum Gasteiger partial charge on any atom is 0.417 e. The summed E-state index contributed by atoms with van der Waals surface area (Å²) in [5.41, 5.74) is -0.730. The van der Waals surface area contributed by atoms with Crippen molar-refractivity contribution in [1.29, 1.82) is 0 Å². The minimum Gasteiger partial charge on any atom is -0.307 e. The summed E-state index contributed by atoms with van der Waals surface area (Å²) in [6.07, 6.45) is -3.75. The van der Waals surface area contributed by atoms with Crippen LogP contribution in [0.1, 0.15) is 5.56 Å². The van der Waals surface area contributed by atoms with Gasteiger partial charge in [0.25, 0.3) is 0 Å². The van der Waals surface area contributed by atoms with Crippen molar-refractivity contribution in [1.82, 2.24) is 4.98 Å². The Balaban J connectivity index is 2.18. The van der Waals surface area contributed by atoms with Gasteiger partial charge in [-0.3, -0.25) is 4.98 Å². The zero-order chi connectivity index (χ0) is 17.2. The summed E-state index contributed by atoms with van der Waals surface area (Å²) in [5.74, 6) is 0. The lowest BCUT2D eigenvalue weighted by atomic mass is 10.3. The lowest BCUT2D eigenvalue weighted by molar-refractivity contribution is -0.137. The first kappa shape index (κ1) is 16.5. The maximum atomic E-state index is 13.8. The quantitative estimate of drug-likeness (QED) is 0.676.